The average Bonchev–Trinajstić information content (AvgIpc) is 2.96. The Bertz CT molecular complexity index is 467. The van der Waals surface area contributed by atoms with Gasteiger partial charge in [-0.3, -0.25) is 0 Å². The molecule has 0 amide bonds. The van der Waals surface area contributed by atoms with E-state index in [4.69, 9.17) is 9.47 Å². The molecular formula is C15H20O4. The number of carbonyl (C=O) groups is 1. The smallest absolute Gasteiger partial charge is 0.334 e. The van der Waals surface area contributed by atoms with Gasteiger partial charge in [0.15, 0.2) is 0 Å². The standard InChI is InChI=1S/C15H20O4/c1-8-4-5-13-15(3,19-13)12(16)7-10-9(2)14(17)18-11(10)6-8/h6,10-13,16H,2,4-5,7H2,1,3H3/b8-6+/t10-,11+,12-,13-,15+/m0/s1. The maximum Gasteiger partial charge on any atom is 0.334 e. The van der Waals surface area contributed by atoms with Gasteiger partial charge < -0.3 is 14.6 Å². The molecule has 4 nitrogen and oxygen atoms in total. The number of ether oxygens (including phenoxy) is 2. The monoisotopic (exact) mass is 264 g/mol. The van der Waals surface area contributed by atoms with E-state index in [-0.39, 0.29) is 24.1 Å². The van der Waals surface area contributed by atoms with E-state index < -0.39 is 11.7 Å². The quantitative estimate of drug-likeness (QED) is 0.313. The molecule has 0 radical (unpaired) electrons. The minimum Gasteiger partial charge on any atom is -0.454 e. The number of rotatable bonds is 0. The number of hydrogen-bond acceptors (Lipinski definition) is 4. The third-order valence-electron chi connectivity index (χ3n) is 4.72. The second-order valence-electron chi connectivity index (χ2n) is 6.10. The average molecular weight is 264 g/mol. The summed E-state index contributed by atoms with van der Waals surface area (Å²) in [6.07, 6.45) is 3.53. The van der Waals surface area contributed by atoms with Crippen LogP contribution >= 0.6 is 0 Å². The van der Waals surface area contributed by atoms with Crippen molar-refractivity contribution >= 4 is 5.97 Å². The van der Waals surface area contributed by atoms with Crippen molar-refractivity contribution in [3.63, 3.8) is 0 Å². The second kappa shape index (κ2) is 4.18. The Kier molecular flexibility index (Phi) is 2.84. The number of allylic oxidation sites excluding steroid dienone is 1. The fourth-order valence-electron chi connectivity index (χ4n) is 3.17. The van der Waals surface area contributed by atoms with E-state index in [0.717, 1.165) is 12.8 Å². The Morgan fingerprint density at radius 2 is 2.26 bits per heavy atom. The van der Waals surface area contributed by atoms with Crippen LogP contribution in [0.2, 0.25) is 0 Å². The van der Waals surface area contributed by atoms with Crippen LogP contribution in [0.5, 0.6) is 0 Å². The van der Waals surface area contributed by atoms with Gasteiger partial charge in [-0.15, -0.1) is 0 Å². The zero-order valence-corrected chi connectivity index (χ0v) is 11.4. The lowest BCUT2D eigenvalue weighted by atomic mass is 9.83. The van der Waals surface area contributed by atoms with E-state index in [1.165, 1.54) is 5.57 Å². The fourth-order valence-corrected chi connectivity index (χ4v) is 3.17. The predicted octanol–water partition coefficient (Wildman–Crippen LogP) is 1.73. The Hall–Kier alpha value is -1.13. The molecule has 0 unspecified atom stereocenters. The molecule has 0 saturated carbocycles. The SMILES string of the molecule is C=C1C(=O)O[C@@H]2/C=C(\C)CC[C@@H]3O[C@]3(C)[C@@H](O)C[C@@H]12. The summed E-state index contributed by atoms with van der Waals surface area (Å²) in [6, 6.07) is 0. The number of fused-ring (bicyclic) bond motifs is 2. The highest BCUT2D eigenvalue weighted by Crippen LogP contribution is 2.46. The minimum absolute atomic E-state index is 0.119. The summed E-state index contributed by atoms with van der Waals surface area (Å²) in [6.45, 7) is 7.80. The van der Waals surface area contributed by atoms with Gasteiger partial charge >= 0.3 is 5.97 Å². The van der Waals surface area contributed by atoms with Crippen molar-refractivity contribution in [2.24, 2.45) is 5.92 Å². The van der Waals surface area contributed by atoms with Gasteiger partial charge in [-0.05, 0) is 39.2 Å². The summed E-state index contributed by atoms with van der Waals surface area (Å²) in [5.74, 6) is -0.485. The molecule has 3 rings (SSSR count). The Balaban J connectivity index is 1.90. The molecule has 0 aromatic rings. The van der Waals surface area contributed by atoms with Gasteiger partial charge in [-0.1, -0.05) is 12.2 Å². The lowest BCUT2D eigenvalue weighted by molar-refractivity contribution is -0.137. The van der Waals surface area contributed by atoms with Crippen LogP contribution in [0.4, 0.5) is 0 Å². The maximum atomic E-state index is 11.7. The molecule has 5 atom stereocenters. The first-order valence-electron chi connectivity index (χ1n) is 6.85. The van der Waals surface area contributed by atoms with Crippen molar-refractivity contribution in [2.75, 3.05) is 0 Å². The topological polar surface area (TPSA) is 59.1 Å². The molecule has 19 heavy (non-hydrogen) atoms. The van der Waals surface area contributed by atoms with Crippen molar-refractivity contribution in [2.45, 2.75) is 57.0 Å². The van der Waals surface area contributed by atoms with E-state index in [2.05, 4.69) is 6.58 Å². The van der Waals surface area contributed by atoms with Crippen molar-refractivity contribution in [3.05, 3.63) is 23.8 Å². The van der Waals surface area contributed by atoms with E-state index in [1.54, 1.807) is 0 Å². The summed E-state index contributed by atoms with van der Waals surface area (Å²) >= 11 is 0. The van der Waals surface area contributed by atoms with Crippen LogP contribution in [-0.2, 0) is 14.3 Å². The van der Waals surface area contributed by atoms with Crippen LogP contribution in [0.3, 0.4) is 0 Å². The third kappa shape index (κ3) is 2.03. The third-order valence-corrected chi connectivity index (χ3v) is 4.72. The molecule has 2 aliphatic heterocycles. The predicted molar refractivity (Wildman–Crippen MR) is 69.4 cm³/mol. The minimum atomic E-state index is -0.581. The van der Waals surface area contributed by atoms with E-state index >= 15 is 0 Å². The molecule has 2 fully saturated rings. The van der Waals surface area contributed by atoms with E-state index in [1.807, 2.05) is 19.9 Å². The van der Waals surface area contributed by atoms with Gasteiger partial charge in [0.05, 0.1) is 12.2 Å². The van der Waals surface area contributed by atoms with Gasteiger partial charge in [-0.2, -0.15) is 0 Å². The number of epoxide rings is 1. The maximum absolute atomic E-state index is 11.7. The molecule has 1 aliphatic carbocycles. The molecule has 3 aliphatic rings. The van der Waals surface area contributed by atoms with Crippen LogP contribution in [-0.4, -0.2) is 35.0 Å². The van der Waals surface area contributed by atoms with Crippen molar-refractivity contribution in [3.8, 4) is 0 Å². The van der Waals surface area contributed by atoms with Gasteiger partial charge in [0.25, 0.3) is 0 Å². The Morgan fingerprint density at radius 3 is 3.00 bits per heavy atom. The summed E-state index contributed by atoms with van der Waals surface area (Å²) in [5.41, 5.74) is 1.20. The molecule has 0 spiro atoms. The highest BCUT2D eigenvalue weighted by Gasteiger charge is 2.58. The number of esters is 1. The van der Waals surface area contributed by atoms with Crippen molar-refractivity contribution < 1.29 is 19.4 Å². The zero-order chi connectivity index (χ0) is 13.8. The molecule has 2 heterocycles. The summed E-state index contributed by atoms with van der Waals surface area (Å²) < 4.78 is 11.0. The second-order valence-corrected chi connectivity index (χ2v) is 6.10. The van der Waals surface area contributed by atoms with Crippen LogP contribution in [0.1, 0.15) is 33.1 Å². The van der Waals surface area contributed by atoms with Gasteiger partial charge in [0.2, 0.25) is 0 Å². The number of aliphatic hydroxyl groups excluding tert-OH is 1. The molecule has 4 heteroatoms. The fraction of sp³-hybridized carbons (Fsp3) is 0.667. The number of carbonyl (C=O) groups excluding carboxylic acids is 1. The van der Waals surface area contributed by atoms with Crippen molar-refractivity contribution in [1.29, 1.82) is 0 Å². The lowest BCUT2D eigenvalue weighted by Crippen LogP contribution is -2.33. The van der Waals surface area contributed by atoms with Crippen molar-refractivity contribution in [1.82, 2.24) is 0 Å². The first-order chi connectivity index (χ1) is 8.91. The number of hydrogen-bond donors (Lipinski definition) is 1. The molecule has 104 valence electrons. The normalized spacial score (nSPS) is 48.7. The highest BCUT2D eigenvalue weighted by atomic mass is 16.6. The Labute approximate surface area is 113 Å². The summed E-state index contributed by atoms with van der Waals surface area (Å²) in [7, 11) is 0. The van der Waals surface area contributed by atoms with Crippen LogP contribution in [0.25, 0.3) is 0 Å². The first-order valence-corrected chi connectivity index (χ1v) is 6.85. The molecule has 0 bridgehead atoms. The largest absolute Gasteiger partial charge is 0.454 e. The van der Waals surface area contributed by atoms with E-state index in [9.17, 15) is 9.90 Å². The van der Waals surface area contributed by atoms with Gasteiger partial charge in [-0.25, -0.2) is 4.79 Å². The molecular weight excluding hydrogens is 244 g/mol. The summed E-state index contributed by atoms with van der Waals surface area (Å²) in [5, 5.41) is 10.4. The Morgan fingerprint density at radius 1 is 1.53 bits per heavy atom. The van der Waals surface area contributed by atoms with Gasteiger partial charge in [0.1, 0.15) is 11.7 Å². The summed E-state index contributed by atoms with van der Waals surface area (Å²) in [4.78, 5) is 11.7. The molecule has 2 saturated heterocycles. The zero-order valence-electron chi connectivity index (χ0n) is 11.4. The molecule has 0 aromatic heterocycles. The molecule has 0 aromatic carbocycles. The van der Waals surface area contributed by atoms with Crippen LogP contribution in [0, 0.1) is 5.92 Å². The highest BCUT2D eigenvalue weighted by molar-refractivity contribution is 5.91. The van der Waals surface area contributed by atoms with Gasteiger partial charge in [0, 0.05) is 11.5 Å². The van der Waals surface area contributed by atoms with Crippen LogP contribution in [0.15, 0.2) is 23.8 Å². The first kappa shape index (κ1) is 12.9. The van der Waals surface area contributed by atoms with E-state index in [0.29, 0.717) is 12.0 Å². The molecule has 1 N–H and O–H groups in total. The lowest BCUT2D eigenvalue weighted by Gasteiger charge is -2.23. The number of aliphatic hydroxyl groups is 1. The van der Waals surface area contributed by atoms with Crippen LogP contribution < -0.4 is 0 Å².